The molecule has 7 heteroatoms. The van der Waals surface area contributed by atoms with Gasteiger partial charge in [0.1, 0.15) is 5.75 Å². The van der Waals surface area contributed by atoms with E-state index in [9.17, 15) is 0 Å². The largest absolute Gasteiger partial charge is 0.496 e. The van der Waals surface area contributed by atoms with Gasteiger partial charge in [-0.15, -0.1) is 24.0 Å². The van der Waals surface area contributed by atoms with Crippen LogP contribution in [0.1, 0.15) is 31.4 Å². The van der Waals surface area contributed by atoms with Crippen LogP contribution in [0.4, 0.5) is 0 Å². The maximum atomic E-state index is 5.54. The minimum atomic E-state index is 0. The molecule has 1 aromatic carbocycles. The summed E-state index contributed by atoms with van der Waals surface area (Å²) in [5.74, 6) is 1.77. The van der Waals surface area contributed by atoms with Gasteiger partial charge in [0.2, 0.25) is 0 Å². The Morgan fingerprint density at radius 2 is 2.07 bits per heavy atom. The van der Waals surface area contributed by atoms with Crippen molar-refractivity contribution in [3.8, 4) is 5.75 Å². The first-order valence-electron chi connectivity index (χ1n) is 9.58. The van der Waals surface area contributed by atoms with Gasteiger partial charge in [-0.05, 0) is 46.1 Å². The Labute approximate surface area is 181 Å². The highest BCUT2D eigenvalue weighted by atomic mass is 127. The summed E-state index contributed by atoms with van der Waals surface area (Å²) in [7, 11) is 7.73. The molecule has 0 saturated carbocycles. The van der Waals surface area contributed by atoms with Crippen molar-refractivity contribution < 1.29 is 4.74 Å². The maximum absolute atomic E-state index is 5.54. The normalized spacial score (nSPS) is 18.9. The predicted octanol–water partition coefficient (Wildman–Crippen LogP) is 2.57. The number of guanidine groups is 1. The first-order chi connectivity index (χ1) is 12.6. The van der Waals surface area contributed by atoms with Crippen LogP contribution in [0.5, 0.6) is 5.75 Å². The molecule has 1 aliphatic heterocycles. The van der Waals surface area contributed by atoms with Gasteiger partial charge in [-0.1, -0.05) is 25.1 Å². The van der Waals surface area contributed by atoms with Crippen LogP contribution in [-0.4, -0.2) is 76.2 Å². The number of methoxy groups -OCH3 is 1. The van der Waals surface area contributed by atoms with E-state index in [0.29, 0.717) is 6.04 Å². The second kappa shape index (κ2) is 12.4. The fourth-order valence-corrected chi connectivity index (χ4v) is 3.68. The molecule has 2 rings (SSSR count). The van der Waals surface area contributed by atoms with Gasteiger partial charge in [0.05, 0.1) is 13.2 Å². The number of aliphatic imine (C=N–C) groups is 1. The molecule has 2 unspecified atom stereocenters. The topological polar surface area (TPSA) is 52.1 Å². The van der Waals surface area contributed by atoms with Crippen molar-refractivity contribution >= 4 is 29.9 Å². The smallest absolute Gasteiger partial charge is 0.191 e. The molecule has 1 fully saturated rings. The fraction of sp³-hybridized carbons (Fsp3) is 0.650. The zero-order chi connectivity index (χ0) is 18.9. The van der Waals surface area contributed by atoms with E-state index in [2.05, 4.69) is 58.6 Å². The van der Waals surface area contributed by atoms with E-state index in [0.717, 1.165) is 31.3 Å². The molecular weight excluding hydrogens is 453 g/mol. The molecule has 0 bridgehead atoms. The molecule has 0 aliphatic carbocycles. The summed E-state index contributed by atoms with van der Waals surface area (Å²) in [5, 5.41) is 6.98. The number of benzene rings is 1. The van der Waals surface area contributed by atoms with E-state index in [4.69, 9.17) is 4.74 Å². The molecule has 154 valence electrons. The van der Waals surface area contributed by atoms with Crippen LogP contribution < -0.4 is 15.4 Å². The molecule has 2 atom stereocenters. The van der Waals surface area contributed by atoms with Crippen molar-refractivity contribution in [3.63, 3.8) is 0 Å². The summed E-state index contributed by atoms with van der Waals surface area (Å²) in [6.45, 7) is 6.27. The van der Waals surface area contributed by atoms with Crippen molar-refractivity contribution in [1.82, 2.24) is 20.4 Å². The van der Waals surface area contributed by atoms with E-state index < -0.39 is 0 Å². The Morgan fingerprint density at radius 1 is 1.33 bits per heavy atom. The molecule has 1 heterocycles. The molecule has 6 nitrogen and oxygen atoms in total. The molecule has 2 N–H and O–H groups in total. The fourth-order valence-electron chi connectivity index (χ4n) is 3.68. The van der Waals surface area contributed by atoms with Crippen molar-refractivity contribution in [3.05, 3.63) is 29.8 Å². The van der Waals surface area contributed by atoms with E-state index in [-0.39, 0.29) is 30.0 Å². The third-order valence-corrected chi connectivity index (χ3v) is 5.22. The predicted molar refractivity (Wildman–Crippen MR) is 124 cm³/mol. The van der Waals surface area contributed by atoms with E-state index in [1.807, 2.05) is 19.2 Å². The number of ether oxygens (including phenoxy) is 1. The van der Waals surface area contributed by atoms with Crippen molar-refractivity contribution in [1.29, 1.82) is 0 Å². The molecule has 0 aromatic heterocycles. The second-order valence-corrected chi connectivity index (χ2v) is 6.98. The molecule has 1 saturated heterocycles. The van der Waals surface area contributed by atoms with E-state index in [1.54, 1.807) is 7.11 Å². The molecule has 0 amide bonds. The Morgan fingerprint density at radius 3 is 2.70 bits per heavy atom. The van der Waals surface area contributed by atoms with Crippen LogP contribution in [0.25, 0.3) is 0 Å². The number of rotatable bonds is 8. The van der Waals surface area contributed by atoms with Gasteiger partial charge in [-0.3, -0.25) is 9.89 Å². The van der Waals surface area contributed by atoms with Crippen LogP contribution in [0, 0.1) is 0 Å². The summed E-state index contributed by atoms with van der Waals surface area (Å²) in [6, 6.07) is 9.00. The number of halogens is 1. The Bertz CT molecular complexity index is 581. The quantitative estimate of drug-likeness (QED) is 0.334. The number of hydrogen-bond acceptors (Lipinski definition) is 4. The average Bonchev–Trinajstić information content (AvgIpc) is 3.12. The van der Waals surface area contributed by atoms with E-state index >= 15 is 0 Å². The molecule has 0 spiro atoms. The minimum absolute atomic E-state index is 0. The van der Waals surface area contributed by atoms with Crippen molar-refractivity contribution in [2.24, 2.45) is 4.99 Å². The first-order valence-corrected chi connectivity index (χ1v) is 9.58. The summed E-state index contributed by atoms with van der Waals surface area (Å²) in [4.78, 5) is 9.14. The Balaban J connectivity index is 0.00000364. The molecule has 27 heavy (non-hydrogen) atoms. The van der Waals surface area contributed by atoms with Gasteiger partial charge in [-0.2, -0.15) is 0 Å². The zero-order valence-electron chi connectivity index (χ0n) is 17.4. The molecule has 1 aliphatic rings. The third kappa shape index (κ3) is 6.80. The summed E-state index contributed by atoms with van der Waals surface area (Å²) in [6.07, 6.45) is 2.56. The van der Waals surface area contributed by atoms with Gasteiger partial charge in [0, 0.05) is 31.7 Å². The minimum Gasteiger partial charge on any atom is -0.496 e. The van der Waals surface area contributed by atoms with Crippen LogP contribution in [0.3, 0.4) is 0 Å². The lowest BCUT2D eigenvalue weighted by Crippen LogP contribution is -2.46. The number of likely N-dealkylation sites (tertiary alicyclic amines) is 1. The van der Waals surface area contributed by atoms with Gasteiger partial charge >= 0.3 is 0 Å². The number of nitrogens with zero attached hydrogens (tertiary/aromatic N) is 3. The van der Waals surface area contributed by atoms with Crippen molar-refractivity contribution in [2.75, 3.05) is 54.4 Å². The number of para-hydroxylation sites is 1. The average molecular weight is 489 g/mol. The van der Waals surface area contributed by atoms with E-state index in [1.165, 1.54) is 24.9 Å². The molecular formula is C20H36IN5O. The number of likely N-dealkylation sites (N-methyl/N-ethyl adjacent to an activating group) is 2. The van der Waals surface area contributed by atoms with Gasteiger partial charge < -0.3 is 20.3 Å². The standard InChI is InChI=1S/C20H35N5O.HI/c1-6-25-13-9-10-16(25)14-22-20(21-2)23-15-18(24(3)4)17-11-7-8-12-19(17)26-5;/h7-8,11-12,16,18H,6,9-10,13-15H2,1-5H3,(H2,21,22,23);1H. The SMILES string of the molecule is CCN1CCCC1CNC(=NC)NCC(c1ccccc1OC)N(C)C.I. The second-order valence-electron chi connectivity index (χ2n) is 6.98. The van der Waals surface area contributed by atoms with Gasteiger partial charge in [0.15, 0.2) is 5.96 Å². The Hall–Kier alpha value is -1.06. The van der Waals surface area contributed by atoms with Gasteiger partial charge in [-0.25, -0.2) is 0 Å². The molecule has 0 radical (unpaired) electrons. The van der Waals surface area contributed by atoms with Gasteiger partial charge in [0.25, 0.3) is 0 Å². The molecule has 1 aromatic rings. The Kier molecular flexibility index (Phi) is 11.0. The van der Waals surface area contributed by atoms with Crippen LogP contribution in [-0.2, 0) is 0 Å². The highest BCUT2D eigenvalue weighted by Crippen LogP contribution is 2.27. The highest BCUT2D eigenvalue weighted by Gasteiger charge is 2.23. The van der Waals surface area contributed by atoms with Crippen LogP contribution in [0.2, 0.25) is 0 Å². The summed E-state index contributed by atoms with van der Waals surface area (Å²) >= 11 is 0. The van der Waals surface area contributed by atoms with Crippen LogP contribution in [0.15, 0.2) is 29.3 Å². The third-order valence-electron chi connectivity index (χ3n) is 5.22. The summed E-state index contributed by atoms with van der Waals surface area (Å²) in [5.41, 5.74) is 1.18. The zero-order valence-corrected chi connectivity index (χ0v) is 19.7. The highest BCUT2D eigenvalue weighted by molar-refractivity contribution is 14.0. The monoisotopic (exact) mass is 489 g/mol. The first kappa shape index (κ1) is 24.0. The lowest BCUT2D eigenvalue weighted by molar-refractivity contribution is 0.266. The lowest BCUT2D eigenvalue weighted by Gasteiger charge is -2.28. The summed E-state index contributed by atoms with van der Waals surface area (Å²) < 4.78 is 5.54. The maximum Gasteiger partial charge on any atom is 0.191 e. The van der Waals surface area contributed by atoms with Crippen LogP contribution >= 0.6 is 24.0 Å². The van der Waals surface area contributed by atoms with Crippen molar-refractivity contribution in [2.45, 2.75) is 31.8 Å². The lowest BCUT2D eigenvalue weighted by atomic mass is 10.0. The number of hydrogen-bond donors (Lipinski definition) is 2. The number of nitrogens with one attached hydrogen (secondary N) is 2.